The summed E-state index contributed by atoms with van der Waals surface area (Å²) in [6, 6.07) is -0.185. The third-order valence-electron chi connectivity index (χ3n) is 3.97. The Morgan fingerprint density at radius 2 is 2.29 bits per heavy atom. The lowest BCUT2D eigenvalue weighted by Crippen LogP contribution is -2.46. The lowest BCUT2D eigenvalue weighted by Gasteiger charge is -2.25. The zero-order valence-electron chi connectivity index (χ0n) is 13.2. The molecule has 1 aliphatic heterocycles. The van der Waals surface area contributed by atoms with Crippen molar-refractivity contribution >= 4 is 6.03 Å². The largest absolute Gasteiger partial charge is 0.377 e. The molecule has 1 fully saturated rings. The molecule has 2 atom stereocenters. The summed E-state index contributed by atoms with van der Waals surface area (Å²) < 4.78 is 7.19. The van der Waals surface area contributed by atoms with Crippen LogP contribution in [0, 0.1) is 0 Å². The molecular formula is C14H25N5O2. The lowest BCUT2D eigenvalue weighted by molar-refractivity contribution is 0.0245. The molecule has 7 nitrogen and oxygen atoms in total. The number of nitrogens with two attached hydrogens (primary N) is 1. The van der Waals surface area contributed by atoms with Crippen molar-refractivity contribution in [2.75, 3.05) is 26.7 Å². The molecule has 2 heterocycles. The fourth-order valence-corrected chi connectivity index (χ4v) is 2.40. The third-order valence-corrected chi connectivity index (χ3v) is 3.97. The minimum absolute atomic E-state index is 0.0823. The number of urea groups is 1. The van der Waals surface area contributed by atoms with Crippen molar-refractivity contribution in [3.63, 3.8) is 0 Å². The second kappa shape index (κ2) is 6.03. The second-order valence-electron chi connectivity index (χ2n) is 6.26. The van der Waals surface area contributed by atoms with Crippen LogP contribution in [0.4, 0.5) is 4.79 Å². The first-order valence-corrected chi connectivity index (χ1v) is 7.14. The summed E-state index contributed by atoms with van der Waals surface area (Å²) in [6.07, 6.45) is 3.71. The molecule has 1 aromatic heterocycles. The minimum atomic E-state index is -0.377. The van der Waals surface area contributed by atoms with Gasteiger partial charge in [0.25, 0.3) is 0 Å². The van der Waals surface area contributed by atoms with Gasteiger partial charge in [-0.15, -0.1) is 0 Å². The lowest BCUT2D eigenvalue weighted by atomic mass is 10.0. The van der Waals surface area contributed by atoms with Crippen LogP contribution in [-0.2, 0) is 11.8 Å². The van der Waals surface area contributed by atoms with Gasteiger partial charge in [0, 0.05) is 51.9 Å². The molecule has 3 N–H and O–H groups in total. The van der Waals surface area contributed by atoms with Crippen LogP contribution in [-0.4, -0.2) is 58.9 Å². The van der Waals surface area contributed by atoms with Crippen molar-refractivity contribution in [3.05, 3.63) is 18.2 Å². The molecule has 2 amide bonds. The van der Waals surface area contributed by atoms with Crippen molar-refractivity contribution in [1.29, 1.82) is 0 Å². The molecule has 0 aromatic carbocycles. The molecule has 0 radical (unpaired) electrons. The topological polar surface area (TPSA) is 85.4 Å². The number of hydrogen-bond donors (Lipinski definition) is 2. The van der Waals surface area contributed by atoms with Gasteiger partial charge in [-0.05, 0) is 13.8 Å². The molecule has 1 aromatic rings. The number of carbonyl (C=O) groups excluding carboxylic acids is 1. The van der Waals surface area contributed by atoms with E-state index in [-0.39, 0.29) is 23.6 Å². The van der Waals surface area contributed by atoms with Gasteiger partial charge in [-0.25, -0.2) is 9.78 Å². The number of nitrogens with zero attached hydrogens (tertiary/aromatic N) is 3. The number of likely N-dealkylation sites (tertiary alicyclic amines) is 1. The van der Waals surface area contributed by atoms with E-state index in [4.69, 9.17) is 10.5 Å². The molecule has 0 aliphatic carbocycles. The van der Waals surface area contributed by atoms with E-state index in [0.717, 1.165) is 5.69 Å². The van der Waals surface area contributed by atoms with E-state index < -0.39 is 0 Å². The zero-order chi connectivity index (χ0) is 15.6. The summed E-state index contributed by atoms with van der Waals surface area (Å²) in [4.78, 5) is 18.3. The highest BCUT2D eigenvalue weighted by Crippen LogP contribution is 2.25. The van der Waals surface area contributed by atoms with Crippen molar-refractivity contribution in [3.8, 4) is 0 Å². The highest BCUT2D eigenvalue weighted by Gasteiger charge is 2.35. The third kappa shape index (κ3) is 3.74. The van der Waals surface area contributed by atoms with E-state index in [2.05, 4.69) is 10.3 Å². The first-order valence-electron chi connectivity index (χ1n) is 7.14. The number of ether oxygens (including phenoxy) is 1. The van der Waals surface area contributed by atoms with Crippen LogP contribution in [0.5, 0.6) is 0 Å². The fraction of sp³-hybridized carbons (Fsp3) is 0.714. The van der Waals surface area contributed by atoms with Crippen LogP contribution in [0.15, 0.2) is 12.5 Å². The van der Waals surface area contributed by atoms with Crippen LogP contribution in [0.2, 0.25) is 0 Å². The number of nitrogens with one attached hydrogen (secondary N) is 1. The van der Waals surface area contributed by atoms with Gasteiger partial charge in [0.1, 0.15) is 0 Å². The van der Waals surface area contributed by atoms with Crippen molar-refractivity contribution in [1.82, 2.24) is 19.8 Å². The number of aromatic nitrogens is 2. The van der Waals surface area contributed by atoms with Crippen molar-refractivity contribution in [2.45, 2.75) is 31.4 Å². The van der Waals surface area contributed by atoms with E-state index in [0.29, 0.717) is 19.6 Å². The van der Waals surface area contributed by atoms with Gasteiger partial charge in [0.05, 0.1) is 17.6 Å². The van der Waals surface area contributed by atoms with Crippen molar-refractivity contribution < 1.29 is 9.53 Å². The van der Waals surface area contributed by atoms with Gasteiger partial charge in [-0.3, -0.25) is 0 Å². The molecule has 1 aliphatic rings. The van der Waals surface area contributed by atoms with E-state index in [9.17, 15) is 4.79 Å². The van der Waals surface area contributed by atoms with Gasteiger partial charge >= 0.3 is 6.03 Å². The number of methoxy groups -OCH3 is 1. The van der Waals surface area contributed by atoms with E-state index >= 15 is 0 Å². The van der Waals surface area contributed by atoms with Crippen LogP contribution < -0.4 is 11.1 Å². The zero-order valence-corrected chi connectivity index (χ0v) is 13.2. The summed E-state index contributed by atoms with van der Waals surface area (Å²) in [6.45, 7) is 5.46. The molecule has 21 heavy (non-hydrogen) atoms. The van der Waals surface area contributed by atoms with Crippen LogP contribution in [0.1, 0.15) is 25.5 Å². The molecule has 0 saturated carbocycles. The number of carbonyl (C=O) groups is 1. The average molecular weight is 295 g/mol. The Balaban J connectivity index is 1.93. The van der Waals surface area contributed by atoms with Gasteiger partial charge < -0.3 is 25.3 Å². The van der Waals surface area contributed by atoms with Gasteiger partial charge in [-0.2, -0.15) is 0 Å². The van der Waals surface area contributed by atoms with Crippen LogP contribution in [0.25, 0.3) is 0 Å². The molecule has 0 unspecified atom stereocenters. The van der Waals surface area contributed by atoms with Crippen LogP contribution >= 0.6 is 0 Å². The Kier molecular flexibility index (Phi) is 4.53. The Hall–Kier alpha value is -1.60. The first-order chi connectivity index (χ1) is 9.82. The van der Waals surface area contributed by atoms with Gasteiger partial charge in [-0.1, -0.05) is 0 Å². The number of aryl methyl sites for hydroxylation is 1. The number of rotatable bonds is 4. The fourth-order valence-electron chi connectivity index (χ4n) is 2.40. The maximum Gasteiger partial charge on any atom is 0.317 e. The first kappa shape index (κ1) is 15.8. The maximum atomic E-state index is 12.2. The number of hydrogen-bond acceptors (Lipinski definition) is 4. The molecule has 7 heteroatoms. The molecule has 0 spiro atoms. The molecule has 2 rings (SSSR count). The smallest absolute Gasteiger partial charge is 0.317 e. The average Bonchev–Trinajstić information content (AvgIpc) is 3.02. The number of amides is 2. The van der Waals surface area contributed by atoms with E-state index in [1.165, 1.54) is 0 Å². The van der Waals surface area contributed by atoms with Crippen LogP contribution in [0.3, 0.4) is 0 Å². The number of imidazole rings is 1. The molecule has 0 bridgehead atoms. The summed E-state index contributed by atoms with van der Waals surface area (Å²) in [5, 5.41) is 2.89. The standard InChI is InChI=1S/C14H25N5O2/c1-14(2,21-4)8-16-13(20)19-5-10(11(15)6-19)12-7-18(3)9-17-12/h7,9-11H,5-6,8,15H2,1-4H3,(H,16,20)/t10-,11-/m1/s1. The summed E-state index contributed by atoms with van der Waals surface area (Å²) in [7, 11) is 3.56. The summed E-state index contributed by atoms with van der Waals surface area (Å²) in [5.74, 6) is 0.0902. The second-order valence-corrected chi connectivity index (χ2v) is 6.26. The molecule has 1 saturated heterocycles. The molecular weight excluding hydrogens is 270 g/mol. The predicted molar refractivity (Wildman–Crippen MR) is 80.0 cm³/mol. The Morgan fingerprint density at radius 3 is 2.86 bits per heavy atom. The minimum Gasteiger partial charge on any atom is -0.377 e. The highest BCUT2D eigenvalue weighted by molar-refractivity contribution is 5.74. The molecule has 118 valence electrons. The van der Waals surface area contributed by atoms with Gasteiger partial charge in [0.2, 0.25) is 0 Å². The predicted octanol–water partition coefficient (Wildman–Crippen LogP) is 0.281. The monoisotopic (exact) mass is 295 g/mol. The van der Waals surface area contributed by atoms with Crippen molar-refractivity contribution in [2.24, 2.45) is 12.8 Å². The van der Waals surface area contributed by atoms with E-state index in [1.54, 1.807) is 18.3 Å². The quantitative estimate of drug-likeness (QED) is 0.835. The Morgan fingerprint density at radius 1 is 1.57 bits per heavy atom. The van der Waals surface area contributed by atoms with E-state index in [1.807, 2.05) is 31.7 Å². The normalized spacial score (nSPS) is 22.6. The summed E-state index contributed by atoms with van der Waals surface area (Å²) >= 11 is 0. The SMILES string of the molecule is COC(C)(C)CNC(=O)N1C[C@@H](N)[C@H](c2cn(C)cn2)C1. The maximum absolute atomic E-state index is 12.2. The Bertz CT molecular complexity index is 499. The Labute approximate surface area is 125 Å². The highest BCUT2D eigenvalue weighted by atomic mass is 16.5. The van der Waals surface area contributed by atoms with Gasteiger partial charge in [0.15, 0.2) is 0 Å². The summed E-state index contributed by atoms with van der Waals surface area (Å²) in [5.41, 5.74) is 6.73.